The van der Waals surface area contributed by atoms with Gasteiger partial charge in [-0.2, -0.15) is 0 Å². The van der Waals surface area contributed by atoms with Crippen LogP contribution in [0.4, 0.5) is 10.3 Å². The van der Waals surface area contributed by atoms with Crippen molar-refractivity contribution in [3.63, 3.8) is 0 Å². The average Bonchev–Trinajstić information content (AvgIpc) is 2.63. The number of H-pyrrole nitrogens is 1. The van der Waals surface area contributed by atoms with E-state index in [1.807, 2.05) is 12.1 Å². The molecule has 5 nitrogen and oxygen atoms in total. The molecule has 3 heterocycles. The molecule has 26 heavy (non-hydrogen) atoms. The van der Waals surface area contributed by atoms with Crippen LogP contribution in [-0.4, -0.2) is 34.5 Å². The fraction of sp³-hybridized carbons (Fsp3) is 0.500. The number of halogens is 1. The average molecular weight is 356 g/mol. The molecular formula is C20H25FN4O. The van der Waals surface area contributed by atoms with Gasteiger partial charge in [0.2, 0.25) is 5.95 Å². The van der Waals surface area contributed by atoms with E-state index in [-0.39, 0.29) is 11.4 Å². The third-order valence-corrected chi connectivity index (χ3v) is 5.42. The number of aromatic amines is 1. The molecule has 2 aliphatic rings. The van der Waals surface area contributed by atoms with E-state index in [0.717, 1.165) is 49.4 Å². The number of fused-ring (bicyclic) bond motifs is 1. The Morgan fingerprint density at radius 2 is 2.08 bits per heavy atom. The number of anilines is 1. The Labute approximate surface area is 152 Å². The third-order valence-electron chi connectivity index (χ3n) is 5.42. The van der Waals surface area contributed by atoms with E-state index in [0.29, 0.717) is 24.8 Å². The number of piperidine rings is 1. The van der Waals surface area contributed by atoms with Crippen molar-refractivity contribution < 1.29 is 4.39 Å². The first kappa shape index (κ1) is 17.2. The zero-order chi connectivity index (χ0) is 18.1. The zero-order valence-electron chi connectivity index (χ0n) is 15.2. The van der Waals surface area contributed by atoms with Gasteiger partial charge in [-0.25, -0.2) is 9.37 Å². The fourth-order valence-electron chi connectivity index (χ4n) is 4.00. The molecule has 2 aliphatic heterocycles. The van der Waals surface area contributed by atoms with Crippen LogP contribution >= 0.6 is 0 Å². The van der Waals surface area contributed by atoms with E-state index >= 15 is 0 Å². The van der Waals surface area contributed by atoms with Crippen LogP contribution in [0.1, 0.15) is 36.6 Å². The van der Waals surface area contributed by atoms with E-state index in [1.165, 1.54) is 18.6 Å². The topological polar surface area (TPSA) is 52.2 Å². The van der Waals surface area contributed by atoms with Crippen LogP contribution in [0.2, 0.25) is 0 Å². The standard InChI is InChI=1S/C20H25FN4O/c1-14-3-2-9-25(11-14)20-22-18-13-24(10-8-17(18)19(26)23-20)12-15-4-6-16(21)7-5-15/h4-7,14H,2-3,8-13H2,1H3,(H,22,23,26). The Morgan fingerprint density at radius 3 is 2.85 bits per heavy atom. The summed E-state index contributed by atoms with van der Waals surface area (Å²) in [5.41, 5.74) is 2.78. The molecule has 138 valence electrons. The first-order valence-electron chi connectivity index (χ1n) is 9.42. The van der Waals surface area contributed by atoms with Gasteiger partial charge >= 0.3 is 0 Å². The number of aromatic nitrogens is 2. The highest BCUT2D eigenvalue weighted by molar-refractivity contribution is 5.35. The van der Waals surface area contributed by atoms with Gasteiger partial charge in [0.05, 0.1) is 5.69 Å². The Kier molecular flexibility index (Phi) is 4.76. The van der Waals surface area contributed by atoms with Crippen molar-refractivity contribution >= 4 is 5.95 Å². The fourth-order valence-corrected chi connectivity index (χ4v) is 4.00. The summed E-state index contributed by atoms with van der Waals surface area (Å²) < 4.78 is 13.1. The Balaban J connectivity index is 1.53. The maximum atomic E-state index is 13.1. The van der Waals surface area contributed by atoms with Gasteiger partial charge in [0.1, 0.15) is 5.82 Å². The minimum Gasteiger partial charge on any atom is -0.342 e. The summed E-state index contributed by atoms with van der Waals surface area (Å²) in [5, 5.41) is 0. The minimum absolute atomic E-state index is 0.00431. The molecule has 1 N–H and O–H groups in total. The van der Waals surface area contributed by atoms with Crippen LogP contribution in [0.5, 0.6) is 0 Å². The largest absolute Gasteiger partial charge is 0.342 e. The lowest BCUT2D eigenvalue weighted by Gasteiger charge is -2.33. The van der Waals surface area contributed by atoms with Crippen LogP contribution in [0, 0.1) is 11.7 Å². The Morgan fingerprint density at radius 1 is 1.27 bits per heavy atom. The first-order chi connectivity index (χ1) is 12.6. The lowest BCUT2D eigenvalue weighted by Crippen LogP contribution is -2.39. The predicted molar refractivity (Wildman–Crippen MR) is 99.7 cm³/mol. The van der Waals surface area contributed by atoms with Gasteiger partial charge in [0, 0.05) is 38.3 Å². The lowest BCUT2D eigenvalue weighted by atomic mass is 10.0. The van der Waals surface area contributed by atoms with Crippen LogP contribution in [0.25, 0.3) is 0 Å². The summed E-state index contributed by atoms with van der Waals surface area (Å²) in [6.45, 7) is 6.35. The van der Waals surface area contributed by atoms with E-state index < -0.39 is 0 Å². The van der Waals surface area contributed by atoms with Gasteiger partial charge in [0.25, 0.3) is 5.56 Å². The van der Waals surface area contributed by atoms with Gasteiger partial charge in [-0.05, 0) is 42.9 Å². The molecule has 1 atom stereocenters. The summed E-state index contributed by atoms with van der Waals surface area (Å²) in [6, 6.07) is 6.62. The molecule has 2 aromatic rings. The Hall–Kier alpha value is -2.21. The quantitative estimate of drug-likeness (QED) is 0.919. The normalized spacial score (nSPS) is 20.8. The summed E-state index contributed by atoms with van der Waals surface area (Å²) in [4.78, 5) is 24.8. The van der Waals surface area contributed by atoms with Crippen LogP contribution in [0.3, 0.4) is 0 Å². The smallest absolute Gasteiger partial charge is 0.255 e. The molecule has 0 aliphatic carbocycles. The second kappa shape index (κ2) is 7.19. The molecule has 6 heteroatoms. The first-order valence-corrected chi connectivity index (χ1v) is 9.42. The minimum atomic E-state index is -0.216. The molecule has 1 saturated heterocycles. The van der Waals surface area contributed by atoms with E-state index in [4.69, 9.17) is 4.98 Å². The lowest BCUT2D eigenvalue weighted by molar-refractivity contribution is 0.240. The molecule has 0 spiro atoms. The van der Waals surface area contributed by atoms with Crippen molar-refractivity contribution in [2.45, 2.75) is 39.3 Å². The second-order valence-corrected chi connectivity index (χ2v) is 7.60. The van der Waals surface area contributed by atoms with Crippen LogP contribution in [-0.2, 0) is 19.5 Å². The number of nitrogens with one attached hydrogen (secondary N) is 1. The molecular weight excluding hydrogens is 331 g/mol. The monoisotopic (exact) mass is 356 g/mol. The highest BCUT2D eigenvalue weighted by Crippen LogP contribution is 2.22. The van der Waals surface area contributed by atoms with Gasteiger partial charge in [0.15, 0.2) is 0 Å². The third kappa shape index (κ3) is 3.65. The van der Waals surface area contributed by atoms with Crippen molar-refractivity contribution in [2.24, 2.45) is 5.92 Å². The molecule has 1 unspecified atom stereocenters. The highest BCUT2D eigenvalue weighted by atomic mass is 19.1. The summed E-state index contributed by atoms with van der Waals surface area (Å²) in [5.74, 6) is 1.12. The van der Waals surface area contributed by atoms with Crippen molar-refractivity contribution in [1.29, 1.82) is 0 Å². The van der Waals surface area contributed by atoms with E-state index in [9.17, 15) is 9.18 Å². The SMILES string of the molecule is CC1CCCN(c2nc3c(c(=O)[nH]2)CCN(Cc2ccc(F)cc2)C3)C1. The molecule has 1 aromatic carbocycles. The van der Waals surface area contributed by atoms with Crippen molar-refractivity contribution in [1.82, 2.24) is 14.9 Å². The zero-order valence-corrected chi connectivity index (χ0v) is 15.2. The predicted octanol–water partition coefficient (Wildman–Crippen LogP) is 2.70. The summed E-state index contributed by atoms with van der Waals surface area (Å²) >= 11 is 0. The van der Waals surface area contributed by atoms with Crippen LogP contribution in [0.15, 0.2) is 29.1 Å². The number of rotatable bonds is 3. The van der Waals surface area contributed by atoms with Crippen molar-refractivity contribution in [3.05, 3.63) is 57.3 Å². The molecule has 1 fully saturated rings. The number of benzene rings is 1. The molecule has 4 rings (SSSR count). The maximum Gasteiger partial charge on any atom is 0.255 e. The second-order valence-electron chi connectivity index (χ2n) is 7.60. The van der Waals surface area contributed by atoms with Crippen LogP contribution < -0.4 is 10.5 Å². The van der Waals surface area contributed by atoms with E-state index in [1.54, 1.807) is 0 Å². The van der Waals surface area contributed by atoms with Gasteiger partial charge < -0.3 is 4.90 Å². The van der Waals surface area contributed by atoms with Gasteiger partial charge in [-0.3, -0.25) is 14.7 Å². The van der Waals surface area contributed by atoms with Crippen molar-refractivity contribution in [2.75, 3.05) is 24.5 Å². The van der Waals surface area contributed by atoms with Gasteiger partial charge in [-0.15, -0.1) is 0 Å². The molecule has 0 saturated carbocycles. The molecule has 0 bridgehead atoms. The maximum absolute atomic E-state index is 13.1. The van der Waals surface area contributed by atoms with Gasteiger partial charge in [-0.1, -0.05) is 19.1 Å². The molecule has 0 amide bonds. The number of hydrogen-bond donors (Lipinski definition) is 1. The summed E-state index contributed by atoms with van der Waals surface area (Å²) in [6.07, 6.45) is 3.07. The molecule has 0 radical (unpaired) electrons. The highest BCUT2D eigenvalue weighted by Gasteiger charge is 2.24. The van der Waals surface area contributed by atoms with E-state index in [2.05, 4.69) is 21.7 Å². The van der Waals surface area contributed by atoms with Crippen molar-refractivity contribution in [3.8, 4) is 0 Å². The number of hydrogen-bond acceptors (Lipinski definition) is 4. The summed E-state index contributed by atoms with van der Waals surface area (Å²) in [7, 11) is 0. The Bertz CT molecular complexity index is 833. The molecule has 1 aromatic heterocycles. The number of nitrogens with zero attached hydrogens (tertiary/aromatic N) is 3.